The van der Waals surface area contributed by atoms with Crippen molar-refractivity contribution in [1.82, 2.24) is 10.3 Å². The Morgan fingerprint density at radius 2 is 1.83 bits per heavy atom. The van der Waals surface area contributed by atoms with Crippen molar-refractivity contribution in [2.24, 2.45) is 0 Å². The van der Waals surface area contributed by atoms with E-state index in [1.807, 2.05) is 0 Å². The van der Waals surface area contributed by atoms with Crippen molar-refractivity contribution >= 4 is 11.3 Å². The lowest BCUT2D eigenvalue weighted by Crippen LogP contribution is -2.39. The summed E-state index contributed by atoms with van der Waals surface area (Å²) in [6.07, 6.45) is 0. The number of nitrogens with one attached hydrogen (secondary N) is 1. The zero-order chi connectivity index (χ0) is 12.7. The zero-order valence-electron chi connectivity index (χ0n) is 11.1. The molecule has 0 bridgehead atoms. The monoisotopic (exact) mass is 258 g/mol. The lowest BCUT2D eigenvalue weighted by Gasteiger charge is -2.24. The maximum Gasteiger partial charge on any atom is 0.0989 e. The lowest BCUT2D eigenvalue weighted by molar-refractivity contribution is 0.447. The van der Waals surface area contributed by atoms with Gasteiger partial charge in [0.2, 0.25) is 0 Å². The molecule has 0 spiro atoms. The highest BCUT2D eigenvalue weighted by Gasteiger charge is 2.22. The minimum Gasteiger partial charge on any atom is -0.315 e. The number of nitrogens with zero attached hydrogens (tertiary/aromatic N) is 1. The molecule has 1 aromatic heterocycles. The second kappa shape index (κ2) is 4.48. The van der Waals surface area contributed by atoms with Crippen LogP contribution in [0.4, 0.5) is 0 Å². The maximum absolute atomic E-state index is 4.83. The zero-order valence-corrected chi connectivity index (χ0v) is 11.9. The molecule has 0 atom stereocenters. The fourth-order valence-corrected chi connectivity index (χ4v) is 3.55. The summed E-state index contributed by atoms with van der Waals surface area (Å²) in [5.74, 6) is 0.634. The number of benzene rings is 1. The molecular formula is C15H18N2S. The predicted octanol–water partition coefficient (Wildman–Crippen LogP) is 3.42. The van der Waals surface area contributed by atoms with Gasteiger partial charge in [-0.05, 0) is 31.9 Å². The molecule has 0 saturated carbocycles. The first-order valence-corrected chi connectivity index (χ1v) is 7.27. The van der Waals surface area contributed by atoms with Crippen molar-refractivity contribution in [3.05, 3.63) is 39.2 Å². The van der Waals surface area contributed by atoms with Crippen LogP contribution in [0.2, 0.25) is 0 Å². The van der Waals surface area contributed by atoms with Crippen molar-refractivity contribution in [3.63, 3.8) is 0 Å². The fourth-order valence-electron chi connectivity index (χ4n) is 2.64. The molecule has 18 heavy (non-hydrogen) atoms. The molecule has 94 valence electrons. The molecule has 2 heterocycles. The van der Waals surface area contributed by atoms with Gasteiger partial charge in [-0.25, -0.2) is 4.98 Å². The van der Waals surface area contributed by atoms with E-state index in [9.17, 15) is 0 Å². The Labute approximate surface area is 112 Å². The molecule has 2 nitrogen and oxygen atoms in total. The lowest BCUT2D eigenvalue weighted by atomic mass is 9.98. The van der Waals surface area contributed by atoms with Gasteiger partial charge in [0, 0.05) is 30.0 Å². The third-order valence-electron chi connectivity index (χ3n) is 3.59. The molecule has 1 fully saturated rings. The minimum atomic E-state index is 0.634. The van der Waals surface area contributed by atoms with E-state index in [-0.39, 0.29) is 0 Å². The van der Waals surface area contributed by atoms with Gasteiger partial charge >= 0.3 is 0 Å². The van der Waals surface area contributed by atoms with Gasteiger partial charge < -0.3 is 5.32 Å². The first kappa shape index (κ1) is 11.9. The van der Waals surface area contributed by atoms with Crippen LogP contribution in [0.5, 0.6) is 0 Å². The summed E-state index contributed by atoms with van der Waals surface area (Å²) in [4.78, 5) is 4.83. The number of thiazole rings is 1. The molecule has 1 aliphatic rings. The van der Waals surface area contributed by atoms with Gasteiger partial charge in [-0.15, -0.1) is 11.3 Å². The van der Waals surface area contributed by atoms with Gasteiger partial charge in [-0.3, -0.25) is 0 Å². The van der Waals surface area contributed by atoms with Crippen LogP contribution in [-0.2, 0) is 0 Å². The average molecular weight is 258 g/mol. The Morgan fingerprint density at radius 1 is 1.17 bits per heavy atom. The second-order valence-corrected chi connectivity index (χ2v) is 6.09. The molecule has 3 heteroatoms. The van der Waals surface area contributed by atoms with E-state index in [1.165, 1.54) is 27.3 Å². The topological polar surface area (TPSA) is 24.9 Å². The summed E-state index contributed by atoms with van der Waals surface area (Å²) < 4.78 is 0. The Hall–Kier alpha value is -1.19. The Balaban J connectivity index is 2.01. The molecule has 1 saturated heterocycles. The van der Waals surface area contributed by atoms with Crippen molar-refractivity contribution in [1.29, 1.82) is 0 Å². The van der Waals surface area contributed by atoms with Crippen LogP contribution in [-0.4, -0.2) is 18.1 Å². The van der Waals surface area contributed by atoms with Crippen LogP contribution in [0.15, 0.2) is 17.5 Å². The van der Waals surface area contributed by atoms with Crippen molar-refractivity contribution in [3.8, 4) is 11.3 Å². The fraction of sp³-hybridized carbons (Fsp3) is 0.400. The number of aromatic nitrogens is 1. The predicted molar refractivity (Wildman–Crippen MR) is 77.4 cm³/mol. The maximum atomic E-state index is 4.83. The molecular weight excluding hydrogens is 240 g/mol. The van der Waals surface area contributed by atoms with Gasteiger partial charge in [0.1, 0.15) is 0 Å². The van der Waals surface area contributed by atoms with Gasteiger partial charge in [0.15, 0.2) is 0 Å². The van der Waals surface area contributed by atoms with E-state index in [2.05, 4.69) is 43.6 Å². The number of hydrogen-bond donors (Lipinski definition) is 1. The van der Waals surface area contributed by atoms with Crippen LogP contribution in [0.1, 0.15) is 27.6 Å². The molecule has 0 radical (unpaired) electrons. The summed E-state index contributed by atoms with van der Waals surface area (Å²) in [5, 5.41) is 6.79. The summed E-state index contributed by atoms with van der Waals surface area (Å²) >= 11 is 1.80. The molecule has 0 unspecified atom stereocenters. The highest BCUT2D eigenvalue weighted by atomic mass is 32.1. The number of rotatable bonds is 2. The summed E-state index contributed by atoms with van der Waals surface area (Å²) in [5.41, 5.74) is 6.45. The standard InChI is InChI=1S/C15H18N2S/c1-9-4-10(2)14(11(3)5-9)13-8-18-15(17-13)12-6-16-7-12/h4-5,8,12,16H,6-7H2,1-3H3. The van der Waals surface area contributed by atoms with Crippen molar-refractivity contribution in [2.45, 2.75) is 26.7 Å². The van der Waals surface area contributed by atoms with Crippen LogP contribution in [0.25, 0.3) is 11.3 Å². The molecule has 2 aromatic rings. The summed E-state index contributed by atoms with van der Waals surface area (Å²) in [6, 6.07) is 4.48. The second-order valence-electron chi connectivity index (χ2n) is 5.20. The average Bonchev–Trinajstić information content (AvgIpc) is 2.62. The first-order valence-electron chi connectivity index (χ1n) is 6.39. The van der Waals surface area contributed by atoms with E-state index in [0.29, 0.717) is 5.92 Å². The Morgan fingerprint density at radius 3 is 2.39 bits per heavy atom. The van der Waals surface area contributed by atoms with E-state index in [1.54, 1.807) is 11.3 Å². The largest absolute Gasteiger partial charge is 0.315 e. The quantitative estimate of drug-likeness (QED) is 0.892. The van der Waals surface area contributed by atoms with Crippen LogP contribution >= 0.6 is 11.3 Å². The number of hydrogen-bond acceptors (Lipinski definition) is 3. The molecule has 3 rings (SSSR count). The smallest absolute Gasteiger partial charge is 0.0989 e. The molecule has 1 aromatic carbocycles. The molecule has 1 N–H and O–H groups in total. The van der Waals surface area contributed by atoms with E-state index < -0.39 is 0 Å². The van der Waals surface area contributed by atoms with Gasteiger partial charge in [0.05, 0.1) is 10.7 Å². The van der Waals surface area contributed by atoms with Crippen LogP contribution < -0.4 is 5.32 Å². The van der Waals surface area contributed by atoms with Crippen molar-refractivity contribution in [2.75, 3.05) is 13.1 Å². The first-order chi connectivity index (χ1) is 8.65. The Kier molecular flexibility index (Phi) is 2.96. The molecule has 0 amide bonds. The van der Waals surface area contributed by atoms with Gasteiger partial charge in [-0.2, -0.15) is 0 Å². The highest BCUT2D eigenvalue weighted by molar-refractivity contribution is 7.10. The SMILES string of the molecule is Cc1cc(C)c(-c2csc(C3CNC3)n2)c(C)c1. The molecule has 0 aliphatic carbocycles. The Bertz CT molecular complexity index is 559. The summed E-state index contributed by atoms with van der Waals surface area (Å²) in [6.45, 7) is 8.67. The highest BCUT2D eigenvalue weighted by Crippen LogP contribution is 2.32. The van der Waals surface area contributed by atoms with E-state index in [0.717, 1.165) is 18.8 Å². The minimum absolute atomic E-state index is 0.634. The normalized spacial score (nSPS) is 15.7. The van der Waals surface area contributed by atoms with Crippen molar-refractivity contribution < 1.29 is 0 Å². The number of aryl methyl sites for hydroxylation is 3. The third-order valence-corrected chi connectivity index (χ3v) is 4.59. The van der Waals surface area contributed by atoms with E-state index >= 15 is 0 Å². The third kappa shape index (κ3) is 1.98. The summed E-state index contributed by atoms with van der Waals surface area (Å²) in [7, 11) is 0. The molecule has 1 aliphatic heterocycles. The van der Waals surface area contributed by atoms with Gasteiger partial charge in [-0.1, -0.05) is 17.7 Å². The van der Waals surface area contributed by atoms with Crippen LogP contribution in [0.3, 0.4) is 0 Å². The van der Waals surface area contributed by atoms with Crippen LogP contribution in [0, 0.1) is 20.8 Å². The van der Waals surface area contributed by atoms with Gasteiger partial charge in [0.25, 0.3) is 0 Å². The van der Waals surface area contributed by atoms with E-state index in [4.69, 9.17) is 4.98 Å².